The monoisotopic (exact) mass is 356 g/mol. The lowest BCUT2D eigenvalue weighted by Gasteiger charge is -2.26. The number of rotatable bonds is 3. The van der Waals surface area contributed by atoms with Gasteiger partial charge in [-0.3, -0.25) is 9.59 Å². The average molecular weight is 356 g/mol. The molecule has 2 atom stereocenters. The van der Waals surface area contributed by atoms with Crippen LogP contribution in [0.15, 0.2) is 35.6 Å². The third kappa shape index (κ3) is 3.21. The summed E-state index contributed by atoms with van der Waals surface area (Å²) in [5, 5.41) is 15.8. The van der Waals surface area contributed by atoms with Crippen LogP contribution in [0.25, 0.3) is 0 Å². The van der Waals surface area contributed by atoms with E-state index in [-0.39, 0.29) is 23.3 Å². The molecule has 1 saturated heterocycles. The number of nitrogens with one attached hydrogen (secondary N) is 2. The van der Waals surface area contributed by atoms with E-state index in [0.29, 0.717) is 24.8 Å². The van der Waals surface area contributed by atoms with Crippen LogP contribution in [0.1, 0.15) is 43.6 Å². The minimum Gasteiger partial charge on any atom is -0.511 e. The van der Waals surface area contributed by atoms with Gasteiger partial charge in [-0.15, -0.1) is 0 Å². The highest BCUT2D eigenvalue weighted by atomic mass is 16.5. The molecule has 2 amide bonds. The zero-order valence-electron chi connectivity index (χ0n) is 14.7. The van der Waals surface area contributed by atoms with E-state index >= 15 is 0 Å². The first kappa shape index (κ1) is 17.1. The summed E-state index contributed by atoms with van der Waals surface area (Å²) in [6, 6.07) is 7.56. The lowest BCUT2D eigenvalue weighted by molar-refractivity contribution is -0.123. The van der Waals surface area contributed by atoms with Crippen LogP contribution in [0.2, 0.25) is 0 Å². The summed E-state index contributed by atoms with van der Waals surface area (Å²) in [4.78, 5) is 24.7. The standard InChI is InChI=1S/C20H24N2O4/c23-18-15-10-26-11-16(15)22-20(25)17(18)19(24)21-14-8-6-13(7-9-14)12-4-2-1-3-5-12/h6-9,12,15-16,23H,1-5,10-11H2,(H,21,24)(H,22,25)/t15-,16+/m1/s1. The van der Waals surface area contributed by atoms with Crippen molar-refractivity contribution in [3.05, 3.63) is 41.2 Å². The Morgan fingerprint density at radius 3 is 2.58 bits per heavy atom. The molecule has 1 aromatic rings. The Labute approximate surface area is 152 Å². The topological polar surface area (TPSA) is 87.7 Å². The second-order valence-electron chi connectivity index (χ2n) is 7.40. The van der Waals surface area contributed by atoms with E-state index in [1.54, 1.807) is 0 Å². The maximum atomic E-state index is 12.5. The van der Waals surface area contributed by atoms with E-state index in [4.69, 9.17) is 4.74 Å². The van der Waals surface area contributed by atoms with Gasteiger partial charge in [-0.1, -0.05) is 31.4 Å². The fraction of sp³-hybridized carbons (Fsp3) is 0.500. The molecule has 2 heterocycles. The van der Waals surface area contributed by atoms with Gasteiger partial charge in [0.05, 0.1) is 25.2 Å². The Kier molecular flexibility index (Phi) is 4.68. The fourth-order valence-corrected chi connectivity index (χ4v) is 4.20. The smallest absolute Gasteiger partial charge is 0.264 e. The number of benzene rings is 1. The second kappa shape index (κ2) is 7.11. The zero-order valence-corrected chi connectivity index (χ0v) is 14.7. The van der Waals surface area contributed by atoms with Crippen LogP contribution < -0.4 is 10.6 Å². The van der Waals surface area contributed by atoms with Gasteiger partial charge in [0.25, 0.3) is 11.8 Å². The maximum Gasteiger partial charge on any atom is 0.264 e. The number of carbonyl (C=O) groups is 2. The summed E-state index contributed by atoms with van der Waals surface area (Å²) in [6.07, 6.45) is 6.31. The van der Waals surface area contributed by atoms with Crippen molar-refractivity contribution in [1.82, 2.24) is 5.32 Å². The number of anilines is 1. The molecule has 1 aromatic carbocycles. The van der Waals surface area contributed by atoms with Crippen LogP contribution in [-0.4, -0.2) is 36.2 Å². The Balaban J connectivity index is 1.47. The first-order chi connectivity index (χ1) is 12.6. The Morgan fingerprint density at radius 2 is 1.85 bits per heavy atom. The van der Waals surface area contributed by atoms with E-state index < -0.39 is 11.8 Å². The number of hydrogen-bond acceptors (Lipinski definition) is 4. The van der Waals surface area contributed by atoms with Crippen molar-refractivity contribution in [2.45, 2.75) is 44.1 Å². The van der Waals surface area contributed by atoms with E-state index in [1.165, 1.54) is 37.7 Å². The van der Waals surface area contributed by atoms with Crippen LogP contribution >= 0.6 is 0 Å². The van der Waals surface area contributed by atoms with Gasteiger partial charge >= 0.3 is 0 Å². The van der Waals surface area contributed by atoms with E-state index in [0.717, 1.165) is 0 Å². The molecule has 0 unspecified atom stereocenters. The molecular weight excluding hydrogens is 332 g/mol. The van der Waals surface area contributed by atoms with E-state index in [2.05, 4.69) is 10.6 Å². The molecule has 6 heteroatoms. The Bertz CT molecular complexity index is 735. The molecule has 1 saturated carbocycles. The predicted molar refractivity (Wildman–Crippen MR) is 96.8 cm³/mol. The highest BCUT2D eigenvalue weighted by molar-refractivity contribution is 6.23. The van der Waals surface area contributed by atoms with Crippen molar-refractivity contribution in [3.8, 4) is 0 Å². The number of hydrogen-bond donors (Lipinski definition) is 3. The van der Waals surface area contributed by atoms with Gasteiger partial charge in [0, 0.05) is 5.69 Å². The Hall–Kier alpha value is -2.34. The molecule has 0 bridgehead atoms. The van der Waals surface area contributed by atoms with Gasteiger partial charge in [-0.2, -0.15) is 0 Å². The molecule has 3 aliphatic rings. The summed E-state index contributed by atoms with van der Waals surface area (Å²) in [5.41, 5.74) is 1.70. The summed E-state index contributed by atoms with van der Waals surface area (Å²) < 4.78 is 5.29. The molecular formula is C20H24N2O4. The molecule has 26 heavy (non-hydrogen) atoms. The van der Waals surface area contributed by atoms with Crippen LogP contribution in [0, 0.1) is 5.92 Å². The van der Waals surface area contributed by atoms with Crippen molar-refractivity contribution < 1.29 is 19.4 Å². The van der Waals surface area contributed by atoms with Crippen molar-refractivity contribution in [3.63, 3.8) is 0 Å². The average Bonchev–Trinajstić information content (AvgIpc) is 3.12. The minimum absolute atomic E-state index is 0.174. The third-order valence-electron chi connectivity index (χ3n) is 5.70. The highest BCUT2D eigenvalue weighted by Crippen LogP contribution is 2.33. The van der Waals surface area contributed by atoms with E-state index in [1.807, 2.05) is 24.3 Å². The summed E-state index contributed by atoms with van der Waals surface area (Å²) in [7, 11) is 0. The number of carbonyl (C=O) groups excluding carboxylic acids is 2. The van der Waals surface area contributed by atoms with Gasteiger partial charge in [-0.25, -0.2) is 0 Å². The number of amides is 2. The molecule has 2 fully saturated rings. The minimum atomic E-state index is -0.587. The third-order valence-corrected chi connectivity index (χ3v) is 5.70. The molecule has 4 rings (SSSR count). The second-order valence-corrected chi connectivity index (χ2v) is 7.40. The molecule has 2 aliphatic heterocycles. The number of fused-ring (bicyclic) bond motifs is 1. The number of ether oxygens (including phenoxy) is 1. The highest BCUT2D eigenvalue weighted by Gasteiger charge is 2.42. The van der Waals surface area contributed by atoms with Gasteiger partial charge in [0.1, 0.15) is 11.3 Å². The van der Waals surface area contributed by atoms with Crippen LogP contribution in [0.5, 0.6) is 0 Å². The van der Waals surface area contributed by atoms with Crippen molar-refractivity contribution in [1.29, 1.82) is 0 Å². The molecule has 0 radical (unpaired) electrons. The number of aliphatic hydroxyl groups excluding tert-OH is 1. The van der Waals surface area contributed by atoms with Crippen LogP contribution in [0.3, 0.4) is 0 Å². The molecule has 0 aromatic heterocycles. The maximum absolute atomic E-state index is 12.5. The van der Waals surface area contributed by atoms with Crippen molar-refractivity contribution in [2.24, 2.45) is 5.92 Å². The van der Waals surface area contributed by atoms with Gasteiger partial charge < -0.3 is 20.5 Å². The lowest BCUT2D eigenvalue weighted by atomic mass is 9.84. The molecule has 1 aliphatic carbocycles. The lowest BCUT2D eigenvalue weighted by Crippen LogP contribution is -2.48. The summed E-state index contributed by atoms with van der Waals surface area (Å²) in [5.74, 6) is -1.06. The zero-order chi connectivity index (χ0) is 18.1. The van der Waals surface area contributed by atoms with Crippen molar-refractivity contribution in [2.75, 3.05) is 18.5 Å². The molecule has 0 spiro atoms. The largest absolute Gasteiger partial charge is 0.511 e. The predicted octanol–water partition coefficient (Wildman–Crippen LogP) is 2.63. The van der Waals surface area contributed by atoms with E-state index in [9.17, 15) is 14.7 Å². The SMILES string of the molecule is O=C(Nc1ccc(C2CCCCC2)cc1)C1=C(O)[C@@H]2COC[C@@H]2NC1=O. The quantitative estimate of drug-likeness (QED) is 0.727. The van der Waals surface area contributed by atoms with Gasteiger partial charge in [-0.05, 0) is 36.5 Å². The summed E-state index contributed by atoms with van der Waals surface area (Å²) >= 11 is 0. The first-order valence-electron chi connectivity index (χ1n) is 9.36. The molecule has 3 N–H and O–H groups in total. The van der Waals surface area contributed by atoms with Crippen LogP contribution in [-0.2, 0) is 14.3 Å². The molecule has 6 nitrogen and oxygen atoms in total. The number of aliphatic hydroxyl groups is 1. The first-order valence-corrected chi connectivity index (χ1v) is 9.36. The fourth-order valence-electron chi connectivity index (χ4n) is 4.20. The van der Waals surface area contributed by atoms with Gasteiger partial charge in [0.2, 0.25) is 0 Å². The Morgan fingerprint density at radius 1 is 1.12 bits per heavy atom. The summed E-state index contributed by atoms with van der Waals surface area (Å²) in [6.45, 7) is 0.668. The van der Waals surface area contributed by atoms with Crippen molar-refractivity contribution >= 4 is 17.5 Å². The van der Waals surface area contributed by atoms with Gasteiger partial charge in [0.15, 0.2) is 0 Å². The molecule has 138 valence electrons. The van der Waals surface area contributed by atoms with Crippen LogP contribution in [0.4, 0.5) is 5.69 Å². The normalized spacial score (nSPS) is 26.4.